The van der Waals surface area contributed by atoms with E-state index >= 15 is 0 Å². The number of amides is 1. The van der Waals surface area contributed by atoms with Crippen LogP contribution in [0.4, 0.5) is 11.4 Å². The minimum Gasteiger partial charge on any atom is -0.393 e. The van der Waals surface area contributed by atoms with E-state index in [1.54, 1.807) is 6.92 Å². The second-order valence-electron chi connectivity index (χ2n) is 2.85. The van der Waals surface area contributed by atoms with E-state index in [-0.39, 0.29) is 16.9 Å². The third-order valence-corrected chi connectivity index (χ3v) is 1.86. The molecule has 0 saturated heterocycles. The molecule has 0 aliphatic carbocycles. The fourth-order valence-corrected chi connectivity index (χ4v) is 1.17. The van der Waals surface area contributed by atoms with Gasteiger partial charge in [-0.05, 0) is 13.0 Å². The number of rotatable bonds is 3. The molecule has 3 N–H and O–H groups in total. The van der Waals surface area contributed by atoms with Gasteiger partial charge in [0.05, 0.1) is 10.5 Å². The Kier molecular flexibility index (Phi) is 3.22. The number of nitrogens with one attached hydrogen (secondary N) is 1. The smallest absolute Gasteiger partial charge is 0.292 e. The Morgan fingerprint density at radius 3 is 2.80 bits per heavy atom. The summed E-state index contributed by atoms with van der Waals surface area (Å²) in [4.78, 5) is 21.4. The van der Waals surface area contributed by atoms with E-state index in [1.807, 2.05) is 0 Å². The number of nitro groups is 1. The number of nitrogens with two attached hydrogens (primary N) is 1. The fourth-order valence-electron chi connectivity index (χ4n) is 1.17. The van der Waals surface area contributed by atoms with Crippen molar-refractivity contribution in [3.8, 4) is 0 Å². The normalized spacial score (nSPS) is 9.67. The molecule has 0 saturated carbocycles. The number of benzene rings is 1. The first-order valence-corrected chi connectivity index (χ1v) is 4.39. The van der Waals surface area contributed by atoms with Crippen molar-refractivity contribution in [3.63, 3.8) is 0 Å². The van der Waals surface area contributed by atoms with Gasteiger partial charge in [-0.1, -0.05) is 6.07 Å². The summed E-state index contributed by atoms with van der Waals surface area (Å²) in [5, 5.41) is 13.1. The Bertz CT molecular complexity index is 404. The molecule has 0 radical (unpaired) electrons. The van der Waals surface area contributed by atoms with E-state index in [0.717, 1.165) is 0 Å². The van der Waals surface area contributed by atoms with Crippen LogP contribution in [-0.4, -0.2) is 17.4 Å². The van der Waals surface area contributed by atoms with Crippen molar-refractivity contribution < 1.29 is 9.72 Å². The van der Waals surface area contributed by atoms with Crippen LogP contribution in [0.3, 0.4) is 0 Å². The van der Waals surface area contributed by atoms with E-state index in [4.69, 9.17) is 5.73 Å². The first kappa shape index (κ1) is 11.0. The van der Waals surface area contributed by atoms with Crippen LogP contribution in [0.1, 0.15) is 17.3 Å². The molecule has 0 unspecified atom stereocenters. The molecular weight excluding hydrogens is 198 g/mol. The van der Waals surface area contributed by atoms with Crippen molar-refractivity contribution in [2.24, 2.45) is 0 Å². The predicted octanol–water partition coefficient (Wildman–Crippen LogP) is 0.927. The third-order valence-electron chi connectivity index (χ3n) is 1.86. The molecule has 1 aromatic rings. The maximum absolute atomic E-state index is 11.4. The van der Waals surface area contributed by atoms with Crippen molar-refractivity contribution in [1.82, 2.24) is 5.32 Å². The molecule has 0 aliphatic heterocycles. The Labute approximate surface area is 86.2 Å². The van der Waals surface area contributed by atoms with Gasteiger partial charge in [-0.3, -0.25) is 14.9 Å². The molecule has 0 bridgehead atoms. The summed E-state index contributed by atoms with van der Waals surface area (Å²) < 4.78 is 0. The van der Waals surface area contributed by atoms with Gasteiger partial charge in [-0.15, -0.1) is 0 Å². The van der Waals surface area contributed by atoms with Crippen LogP contribution in [0.5, 0.6) is 0 Å². The lowest BCUT2D eigenvalue weighted by Crippen LogP contribution is -2.23. The molecule has 80 valence electrons. The highest BCUT2D eigenvalue weighted by Gasteiger charge is 2.18. The highest BCUT2D eigenvalue weighted by Crippen LogP contribution is 2.24. The molecular formula is C9H11N3O3. The molecule has 15 heavy (non-hydrogen) atoms. The first-order chi connectivity index (χ1) is 7.07. The van der Waals surface area contributed by atoms with Crippen LogP contribution >= 0.6 is 0 Å². The highest BCUT2D eigenvalue weighted by atomic mass is 16.6. The van der Waals surface area contributed by atoms with Gasteiger partial charge in [0.1, 0.15) is 5.69 Å². The van der Waals surface area contributed by atoms with Crippen LogP contribution < -0.4 is 11.1 Å². The van der Waals surface area contributed by atoms with Crippen molar-refractivity contribution in [2.45, 2.75) is 6.92 Å². The zero-order valence-corrected chi connectivity index (χ0v) is 8.19. The molecule has 1 rings (SSSR count). The second-order valence-corrected chi connectivity index (χ2v) is 2.85. The van der Waals surface area contributed by atoms with Crippen LogP contribution in [0.15, 0.2) is 18.2 Å². The highest BCUT2D eigenvalue weighted by molar-refractivity contribution is 6.00. The minimum absolute atomic E-state index is 0.103. The molecule has 6 nitrogen and oxygen atoms in total. The topological polar surface area (TPSA) is 98.3 Å². The van der Waals surface area contributed by atoms with Crippen molar-refractivity contribution in [3.05, 3.63) is 33.9 Å². The molecule has 0 aromatic heterocycles. The van der Waals surface area contributed by atoms with Crippen molar-refractivity contribution in [2.75, 3.05) is 12.3 Å². The fraction of sp³-hybridized carbons (Fsp3) is 0.222. The number of para-hydroxylation sites is 1. The molecule has 0 aliphatic rings. The number of nitrogen functional groups attached to an aromatic ring is 1. The number of nitrogens with zero attached hydrogens (tertiary/aromatic N) is 1. The molecule has 0 atom stereocenters. The summed E-state index contributed by atoms with van der Waals surface area (Å²) >= 11 is 0. The lowest BCUT2D eigenvalue weighted by molar-refractivity contribution is -0.383. The van der Waals surface area contributed by atoms with Crippen LogP contribution in [0, 0.1) is 10.1 Å². The van der Waals surface area contributed by atoms with Gasteiger partial charge >= 0.3 is 0 Å². The Morgan fingerprint density at radius 2 is 2.27 bits per heavy atom. The Balaban J connectivity index is 3.15. The number of nitro benzene ring substituents is 1. The minimum atomic E-state index is -0.613. The first-order valence-electron chi connectivity index (χ1n) is 4.39. The summed E-state index contributed by atoms with van der Waals surface area (Å²) in [6.45, 7) is 2.20. The second kappa shape index (κ2) is 4.41. The summed E-state index contributed by atoms with van der Waals surface area (Å²) in [6, 6.07) is 4.14. The summed E-state index contributed by atoms with van der Waals surface area (Å²) in [5.41, 5.74) is 5.29. The van der Waals surface area contributed by atoms with Gasteiger partial charge in [0.2, 0.25) is 0 Å². The summed E-state index contributed by atoms with van der Waals surface area (Å²) in [6.07, 6.45) is 0. The predicted molar refractivity (Wildman–Crippen MR) is 55.5 cm³/mol. The molecule has 0 fully saturated rings. The Hall–Kier alpha value is -2.11. The zero-order chi connectivity index (χ0) is 11.4. The molecule has 0 spiro atoms. The number of anilines is 1. The molecule has 0 heterocycles. The lowest BCUT2D eigenvalue weighted by Gasteiger charge is -2.05. The van der Waals surface area contributed by atoms with E-state index in [9.17, 15) is 14.9 Å². The number of hydrogen-bond donors (Lipinski definition) is 2. The largest absolute Gasteiger partial charge is 0.393 e. The quantitative estimate of drug-likeness (QED) is 0.439. The van der Waals surface area contributed by atoms with Gasteiger partial charge in [0.25, 0.3) is 11.6 Å². The van der Waals surface area contributed by atoms with Gasteiger partial charge < -0.3 is 11.1 Å². The van der Waals surface area contributed by atoms with Gasteiger partial charge in [0, 0.05) is 12.6 Å². The Morgan fingerprint density at radius 1 is 1.60 bits per heavy atom. The third kappa shape index (κ3) is 2.22. The maximum atomic E-state index is 11.4. The van der Waals surface area contributed by atoms with Crippen molar-refractivity contribution >= 4 is 17.3 Å². The van der Waals surface area contributed by atoms with Crippen LogP contribution in [0.2, 0.25) is 0 Å². The number of carbonyl (C=O) groups excluding carboxylic acids is 1. The van der Waals surface area contributed by atoms with Crippen LogP contribution in [-0.2, 0) is 0 Å². The molecule has 6 heteroatoms. The average Bonchev–Trinajstić information content (AvgIpc) is 2.17. The van der Waals surface area contributed by atoms with Crippen molar-refractivity contribution in [1.29, 1.82) is 0 Å². The molecule has 1 amide bonds. The molecule has 1 aromatic carbocycles. The van der Waals surface area contributed by atoms with E-state index < -0.39 is 10.8 Å². The average molecular weight is 209 g/mol. The van der Waals surface area contributed by atoms with E-state index in [0.29, 0.717) is 6.54 Å². The SMILES string of the molecule is CCNC(=O)c1cccc([N+](=O)[O-])c1N. The van der Waals surface area contributed by atoms with Gasteiger partial charge in [-0.25, -0.2) is 0 Å². The number of hydrogen-bond acceptors (Lipinski definition) is 4. The number of carbonyl (C=O) groups is 1. The van der Waals surface area contributed by atoms with Crippen LogP contribution in [0.25, 0.3) is 0 Å². The van der Waals surface area contributed by atoms with Gasteiger partial charge in [0.15, 0.2) is 0 Å². The summed E-state index contributed by atoms with van der Waals surface area (Å²) in [7, 11) is 0. The van der Waals surface area contributed by atoms with E-state index in [2.05, 4.69) is 5.32 Å². The monoisotopic (exact) mass is 209 g/mol. The zero-order valence-electron chi connectivity index (χ0n) is 8.19. The summed E-state index contributed by atoms with van der Waals surface area (Å²) in [5.74, 6) is -0.404. The van der Waals surface area contributed by atoms with E-state index in [1.165, 1.54) is 18.2 Å². The van der Waals surface area contributed by atoms with Gasteiger partial charge in [-0.2, -0.15) is 0 Å². The maximum Gasteiger partial charge on any atom is 0.292 e. The lowest BCUT2D eigenvalue weighted by atomic mass is 10.1. The standard InChI is InChI=1S/C9H11N3O3/c1-2-11-9(13)6-4-3-5-7(8(6)10)12(14)15/h3-5H,2,10H2,1H3,(H,11,13).